The molecule has 6 aliphatic rings. The van der Waals surface area contributed by atoms with E-state index < -0.39 is 0 Å². The summed E-state index contributed by atoms with van der Waals surface area (Å²) in [5, 5.41) is 2.83. The van der Waals surface area contributed by atoms with Crippen LogP contribution in [-0.2, 0) is 11.2 Å². The molecule has 26 heavy (non-hydrogen) atoms. The maximum Gasteiger partial charge on any atom is 0.141 e. The van der Waals surface area contributed by atoms with Gasteiger partial charge in [0, 0.05) is 17.8 Å². The number of benzene rings is 2. The van der Waals surface area contributed by atoms with Gasteiger partial charge < -0.3 is 0 Å². The molecule has 6 aliphatic carbocycles. The lowest BCUT2D eigenvalue weighted by molar-refractivity contribution is -0.123. The summed E-state index contributed by atoms with van der Waals surface area (Å²) in [4.78, 5) is 13.3. The van der Waals surface area contributed by atoms with Gasteiger partial charge in [-0.3, -0.25) is 4.79 Å². The van der Waals surface area contributed by atoms with Crippen molar-refractivity contribution in [2.75, 3.05) is 0 Å². The van der Waals surface area contributed by atoms with E-state index in [2.05, 4.69) is 30.3 Å². The molecule has 1 heteroatoms. The van der Waals surface area contributed by atoms with E-state index in [0.717, 1.165) is 18.8 Å². The Labute approximate surface area is 154 Å². The largest absolute Gasteiger partial charge is 0.299 e. The number of hydrogen-bond acceptors (Lipinski definition) is 1. The van der Waals surface area contributed by atoms with Crippen LogP contribution in [0.3, 0.4) is 0 Å². The predicted molar refractivity (Wildman–Crippen MR) is 103 cm³/mol. The lowest BCUT2D eigenvalue weighted by Gasteiger charge is -2.44. The van der Waals surface area contributed by atoms with Crippen molar-refractivity contribution in [3.63, 3.8) is 0 Å². The Kier molecular flexibility index (Phi) is 2.46. The van der Waals surface area contributed by atoms with Crippen LogP contribution in [0.4, 0.5) is 0 Å². The van der Waals surface area contributed by atoms with Crippen molar-refractivity contribution in [3.8, 4) is 0 Å². The highest BCUT2D eigenvalue weighted by Gasteiger charge is 2.59. The Morgan fingerprint density at radius 2 is 1.96 bits per heavy atom. The summed E-state index contributed by atoms with van der Waals surface area (Å²) in [5.74, 6) is 2.04. The van der Waals surface area contributed by atoms with Crippen molar-refractivity contribution in [2.45, 2.75) is 63.2 Å². The van der Waals surface area contributed by atoms with Gasteiger partial charge in [0.05, 0.1) is 5.92 Å². The van der Waals surface area contributed by atoms with Crippen molar-refractivity contribution >= 4 is 16.6 Å². The number of carbonyl (C=O) groups is 1. The van der Waals surface area contributed by atoms with E-state index in [9.17, 15) is 4.79 Å². The molecule has 1 saturated carbocycles. The molecular weight excluding hydrogens is 316 g/mol. The summed E-state index contributed by atoms with van der Waals surface area (Å²) in [6.07, 6.45) is 9.41. The van der Waals surface area contributed by atoms with Gasteiger partial charge in [0.1, 0.15) is 5.78 Å². The van der Waals surface area contributed by atoms with Crippen LogP contribution in [0.1, 0.15) is 73.5 Å². The lowest BCUT2D eigenvalue weighted by Crippen LogP contribution is -2.37. The second kappa shape index (κ2) is 4.50. The first-order valence-corrected chi connectivity index (χ1v) is 10.6. The second-order valence-corrected chi connectivity index (χ2v) is 9.49. The van der Waals surface area contributed by atoms with Gasteiger partial charge in [-0.05, 0) is 78.3 Å². The van der Waals surface area contributed by atoms with E-state index in [1.165, 1.54) is 60.4 Å². The van der Waals surface area contributed by atoms with Crippen LogP contribution in [0, 0.1) is 11.3 Å². The quantitative estimate of drug-likeness (QED) is 0.553. The SMILES string of the molecule is O=C1CCc2cc3c4cccc3cc2C1C12CCC(C1)C1=C2CCCC14. The highest BCUT2D eigenvalue weighted by Crippen LogP contribution is 2.69. The van der Waals surface area contributed by atoms with Gasteiger partial charge in [0.25, 0.3) is 0 Å². The van der Waals surface area contributed by atoms with Crippen molar-refractivity contribution in [1.82, 2.24) is 0 Å². The Balaban J connectivity index is 1.68. The highest BCUT2D eigenvalue weighted by molar-refractivity contribution is 5.95. The lowest BCUT2D eigenvalue weighted by atomic mass is 9.58. The summed E-state index contributed by atoms with van der Waals surface area (Å²) < 4.78 is 0. The zero-order valence-electron chi connectivity index (χ0n) is 15.2. The first-order chi connectivity index (χ1) is 12.8. The number of fused-ring (bicyclic) bond motifs is 1. The molecule has 2 aromatic carbocycles. The van der Waals surface area contributed by atoms with Crippen LogP contribution in [0.2, 0.25) is 0 Å². The Morgan fingerprint density at radius 3 is 2.92 bits per heavy atom. The molecule has 11 bridgehead atoms. The molecule has 0 N–H and O–H groups in total. The summed E-state index contributed by atoms with van der Waals surface area (Å²) in [7, 11) is 0. The van der Waals surface area contributed by atoms with Crippen LogP contribution < -0.4 is 0 Å². The van der Waals surface area contributed by atoms with Crippen molar-refractivity contribution in [2.24, 2.45) is 11.3 Å². The predicted octanol–water partition coefficient (Wildman–Crippen LogP) is 5.82. The Morgan fingerprint density at radius 1 is 1.00 bits per heavy atom. The number of aryl methyl sites for hydroxylation is 1. The van der Waals surface area contributed by atoms with E-state index in [1.807, 2.05) is 0 Å². The van der Waals surface area contributed by atoms with Crippen molar-refractivity contribution in [3.05, 3.63) is 58.2 Å². The summed E-state index contributed by atoms with van der Waals surface area (Å²) in [6.45, 7) is 0. The molecule has 4 atom stereocenters. The molecule has 4 unspecified atom stereocenters. The van der Waals surface area contributed by atoms with Crippen molar-refractivity contribution < 1.29 is 4.79 Å². The van der Waals surface area contributed by atoms with Crippen LogP contribution in [0.15, 0.2) is 41.5 Å². The minimum absolute atomic E-state index is 0.147. The molecule has 0 aromatic heterocycles. The monoisotopic (exact) mass is 340 g/mol. The summed E-state index contributed by atoms with van der Waals surface area (Å²) >= 11 is 0. The average molecular weight is 340 g/mol. The van der Waals surface area contributed by atoms with Gasteiger partial charge in [0.15, 0.2) is 0 Å². The van der Waals surface area contributed by atoms with Gasteiger partial charge in [-0.25, -0.2) is 0 Å². The molecule has 0 saturated heterocycles. The molecule has 1 fully saturated rings. The zero-order valence-corrected chi connectivity index (χ0v) is 15.2. The Bertz CT molecular complexity index is 1040. The highest BCUT2D eigenvalue weighted by atomic mass is 16.1. The normalized spacial score (nSPS) is 36.5. The third-order valence-electron chi connectivity index (χ3n) is 8.61. The minimum Gasteiger partial charge on any atom is -0.299 e. The summed E-state index contributed by atoms with van der Waals surface area (Å²) in [5.41, 5.74) is 8.16. The molecule has 130 valence electrons. The van der Waals surface area contributed by atoms with Crippen LogP contribution in [0.5, 0.6) is 0 Å². The molecule has 8 rings (SSSR count). The average Bonchev–Trinajstić information content (AvgIpc) is 3.23. The zero-order chi connectivity index (χ0) is 17.0. The number of carbonyl (C=O) groups excluding carboxylic acids is 1. The Hall–Kier alpha value is -1.89. The van der Waals surface area contributed by atoms with E-state index >= 15 is 0 Å². The second-order valence-electron chi connectivity index (χ2n) is 9.49. The number of allylic oxidation sites excluding steroid dienone is 2. The van der Waals surface area contributed by atoms with Crippen LogP contribution >= 0.6 is 0 Å². The van der Waals surface area contributed by atoms with E-state index in [4.69, 9.17) is 0 Å². The van der Waals surface area contributed by atoms with E-state index in [1.54, 1.807) is 16.7 Å². The van der Waals surface area contributed by atoms with E-state index in [0.29, 0.717) is 11.7 Å². The third kappa shape index (κ3) is 1.46. The van der Waals surface area contributed by atoms with Crippen LogP contribution in [-0.4, -0.2) is 5.78 Å². The molecule has 2 aromatic rings. The maximum absolute atomic E-state index is 13.3. The molecule has 0 heterocycles. The van der Waals surface area contributed by atoms with E-state index in [-0.39, 0.29) is 11.3 Å². The minimum atomic E-state index is 0.147. The maximum atomic E-state index is 13.3. The van der Waals surface area contributed by atoms with Gasteiger partial charge >= 0.3 is 0 Å². The third-order valence-corrected chi connectivity index (χ3v) is 8.61. The molecule has 0 radical (unpaired) electrons. The smallest absolute Gasteiger partial charge is 0.141 e. The molecule has 1 spiro atoms. The topological polar surface area (TPSA) is 17.1 Å². The molecule has 0 amide bonds. The fraction of sp³-hybridized carbons (Fsp3) is 0.480. The first-order valence-electron chi connectivity index (χ1n) is 10.6. The van der Waals surface area contributed by atoms with Gasteiger partial charge in [-0.15, -0.1) is 0 Å². The van der Waals surface area contributed by atoms with Crippen molar-refractivity contribution in [1.29, 1.82) is 0 Å². The number of hydrogen-bond donors (Lipinski definition) is 0. The number of rotatable bonds is 0. The van der Waals surface area contributed by atoms with Gasteiger partial charge in [0.2, 0.25) is 0 Å². The molecule has 1 nitrogen and oxygen atoms in total. The van der Waals surface area contributed by atoms with Gasteiger partial charge in [-0.1, -0.05) is 41.5 Å². The molecular formula is C25H24O. The van der Waals surface area contributed by atoms with Crippen LogP contribution in [0.25, 0.3) is 10.8 Å². The molecule has 0 aliphatic heterocycles. The summed E-state index contributed by atoms with van der Waals surface area (Å²) in [6, 6.07) is 11.8. The fourth-order valence-electron chi connectivity index (χ4n) is 7.82. The first kappa shape index (κ1) is 14.2. The fourth-order valence-corrected chi connectivity index (χ4v) is 7.82. The number of ketones is 1. The van der Waals surface area contributed by atoms with Gasteiger partial charge in [-0.2, -0.15) is 0 Å². The standard InChI is InChI=1S/C25H24O/c26-22-8-7-15-11-19-14-3-1-4-17(19)18-5-2-6-21-23(18)16-9-10-25(21,13-16)24(22)20(15)12-14/h1,3-4,11-12,16,18,24H,2,5-10,13H2. The number of Topliss-reactive ketones (excluding diaryl/α,β-unsaturated/α-hetero) is 1.